The predicted octanol–water partition coefficient (Wildman–Crippen LogP) is 4.03. The molecule has 0 saturated heterocycles. The van der Waals surface area contributed by atoms with Crippen LogP contribution in [0.25, 0.3) is 28.5 Å². The Hall–Kier alpha value is -4.18. The Morgan fingerprint density at radius 1 is 1.00 bits per heavy atom. The minimum atomic E-state index is -3.44. The Morgan fingerprint density at radius 3 is 2.59 bits per heavy atom. The van der Waals surface area contributed by atoms with Gasteiger partial charge in [0, 0.05) is 24.5 Å². The number of benzene rings is 2. The highest BCUT2D eigenvalue weighted by Crippen LogP contribution is 2.32. The Morgan fingerprint density at radius 2 is 1.79 bits per heavy atom. The van der Waals surface area contributed by atoms with Crippen molar-refractivity contribution in [1.29, 1.82) is 0 Å². The summed E-state index contributed by atoms with van der Waals surface area (Å²) in [6.45, 7) is 0.375. The highest BCUT2D eigenvalue weighted by atomic mass is 32.2. The number of nitrogens with zero attached hydrogens (tertiary/aromatic N) is 4. The van der Waals surface area contributed by atoms with Crippen molar-refractivity contribution in [2.45, 2.75) is 11.3 Å². The van der Waals surface area contributed by atoms with E-state index in [2.05, 4.69) is 20.3 Å². The molecule has 5 aromatic rings. The first kappa shape index (κ1) is 21.7. The lowest BCUT2D eigenvalue weighted by Gasteiger charge is -2.08. The molecule has 0 atom stereocenters. The third kappa shape index (κ3) is 4.35. The molecule has 0 fully saturated rings. The van der Waals surface area contributed by atoms with Crippen molar-refractivity contribution in [2.75, 3.05) is 17.6 Å². The molecule has 5 rings (SSSR count). The third-order valence-corrected chi connectivity index (χ3v) is 7.09. The molecule has 3 heterocycles. The van der Waals surface area contributed by atoms with E-state index in [1.165, 1.54) is 24.3 Å². The Bertz CT molecular complexity index is 1530. The number of anilines is 1. The number of nitrogens with one attached hydrogen (secondary N) is 1. The van der Waals surface area contributed by atoms with Crippen LogP contribution < -0.4 is 5.32 Å². The quantitative estimate of drug-likeness (QED) is 0.323. The van der Waals surface area contributed by atoms with Gasteiger partial charge in [-0.15, -0.1) is 0 Å². The molecular formula is C24H21N5O4S. The van der Waals surface area contributed by atoms with Crippen LogP contribution >= 0.6 is 0 Å². The standard InChI is InChI=1S/C24H21N5O4S/c30-18-7-9-19(10-8-18)34(31,32)16-4-12-25-23-26-13-11-20(27-23)22-21(17-5-2-1-3-6-17)28-24-29(22)14-15-33-24/h1-3,5-11,13-15,30H,4,12,16H2,(H,25,26,27). The lowest BCUT2D eigenvalue weighted by Crippen LogP contribution is -2.13. The number of rotatable bonds is 8. The molecule has 0 amide bonds. The van der Waals surface area contributed by atoms with Crippen molar-refractivity contribution in [2.24, 2.45) is 0 Å². The van der Waals surface area contributed by atoms with Gasteiger partial charge >= 0.3 is 5.84 Å². The van der Waals surface area contributed by atoms with Crippen molar-refractivity contribution >= 4 is 21.6 Å². The van der Waals surface area contributed by atoms with E-state index in [0.717, 1.165) is 17.0 Å². The average molecular weight is 476 g/mol. The Labute approximate surface area is 195 Å². The minimum Gasteiger partial charge on any atom is -0.508 e. The summed E-state index contributed by atoms with van der Waals surface area (Å²) < 4.78 is 32.3. The van der Waals surface area contributed by atoms with E-state index in [0.29, 0.717) is 30.5 Å². The topological polar surface area (TPSA) is 123 Å². The third-order valence-electron chi connectivity index (χ3n) is 5.28. The fourth-order valence-electron chi connectivity index (χ4n) is 3.64. The van der Waals surface area contributed by atoms with Crippen molar-refractivity contribution < 1.29 is 17.9 Å². The highest BCUT2D eigenvalue weighted by Gasteiger charge is 2.19. The summed E-state index contributed by atoms with van der Waals surface area (Å²) in [4.78, 5) is 13.7. The van der Waals surface area contributed by atoms with Crippen molar-refractivity contribution in [3.8, 4) is 28.4 Å². The highest BCUT2D eigenvalue weighted by molar-refractivity contribution is 7.91. The maximum atomic E-state index is 12.5. The van der Waals surface area contributed by atoms with E-state index >= 15 is 0 Å². The number of aromatic nitrogens is 4. The SMILES string of the molecule is O=S(=O)(CCCNc1nccc(-c2c(-c3ccccc3)nc3occn23)n1)c1ccc(O)cc1. The summed E-state index contributed by atoms with van der Waals surface area (Å²) in [5.74, 6) is 0.832. The molecule has 0 unspecified atom stereocenters. The summed E-state index contributed by atoms with van der Waals surface area (Å²) in [7, 11) is -3.44. The van der Waals surface area contributed by atoms with Crippen molar-refractivity contribution in [3.05, 3.63) is 79.3 Å². The summed E-state index contributed by atoms with van der Waals surface area (Å²) in [6, 6.07) is 17.1. The van der Waals surface area contributed by atoms with Gasteiger partial charge < -0.3 is 14.8 Å². The molecule has 2 N–H and O–H groups in total. The zero-order valence-electron chi connectivity index (χ0n) is 18.0. The molecular weight excluding hydrogens is 454 g/mol. The molecule has 9 nitrogen and oxygen atoms in total. The van der Waals surface area contributed by atoms with E-state index in [1.807, 2.05) is 34.7 Å². The predicted molar refractivity (Wildman–Crippen MR) is 127 cm³/mol. The Balaban J connectivity index is 1.33. The van der Waals surface area contributed by atoms with Gasteiger partial charge in [0.2, 0.25) is 5.95 Å². The van der Waals surface area contributed by atoms with Crippen LogP contribution in [0.5, 0.6) is 5.75 Å². The van der Waals surface area contributed by atoms with Gasteiger partial charge in [0.05, 0.1) is 16.3 Å². The number of aromatic hydroxyl groups is 1. The maximum Gasteiger partial charge on any atom is 0.306 e. The first-order chi connectivity index (χ1) is 16.5. The molecule has 0 saturated carbocycles. The zero-order valence-corrected chi connectivity index (χ0v) is 18.8. The van der Waals surface area contributed by atoms with Gasteiger partial charge in [0.1, 0.15) is 23.4 Å². The molecule has 0 spiro atoms. The number of hydrogen-bond acceptors (Lipinski definition) is 8. The van der Waals surface area contributed by atoms with Crippen LogP contribution in [0.15, 0.2) is 88.6 Å². The Kier molecular flexibility index (Phi) is 5.72. The van der Waals surface area contributed by atoms with Crippen LogP contribution in [0.1, 0.15) is 6.42 Å². The monoisotopic (exact) mass is 475 g/mol. The van der Waals surface area contributed by atoms with E-state index in [-0.39, 0.29) is 16.4 Å². The molecule has 0 aliphatic rings. The molecule has 0 radical (unpaired) electrons. The number of imidazole rings is 1. The number of phenols is 1. The molecule has 10 heteroatoms. The lowest BCUT2D eigenvalue weighted by molar-refractivity contribution is 0.475. The summed E-state index contributed by atoms with van der Waals surface area (Å²) >= 11 is 0. The number of hydrogen-bond donors (Lipinski definition) is 2. The molecule has 0 aliphatic heterocycles. The van der Waals surface area contributed by atoms with Gasteiger partial charge in [-0.3, -0.25) is 4.40 Å². The summed E-state index contributed by atoms with van der Waals surface area (Å²) in [6.07, 6.45) is 5.36. The van der Waals surface area contributed by atoms with E-state index in [4.69, 9.17) is 4.42 Å². The molecule has 34 heavy (non-hydrogen) atoms. The molecule has 0 aliphatic carbocycles. The van der Waals surface area contributed by atoms with Crippen LogP contribution in [0.2, 0.25) is 0 Å². The summed E-state index contributed by atoms with van der Waals surface area (Å²) in [5, 5.41) is 12.5. The lowest BCUT2D eigenvalue weighted by atomic mass is 10.1. The van der Waals surface area contributed by atoms with Crippen LogP contribution in [0.3, 0.4) is 0 Å². The molecule has 2 aromatic carbocycles. The molecule has 172 valence electrons. The second kappa shape index (κ2) is 8.99. The van der Waals surface area contributed by atoms with Gasteiger partial charge in [0.15, 0.2) is 9.84 Å². The van der Waals surface area contributed by atoms with Crippen molar-refractivity contribution in [1.82, 2.24) is 19.4 Å². The number of fused-ring (bicyclic) bond motifs is 1. The van der Waals surface area contributed by atoms with Crippen LogP contribution in [-0.4, -0.2) is 45.2 Å². The normalized spacial score (nSPS) is 11.6. The average Bonchev–Trinajstić information content (AvgIpc) is 3.44. The van der Waals surface area contributed by atoms with E-state index in [9.17, 15) is 13.5 Å². The van der Waals surface area contributed by atoms with Gasteiger partial charge in [0.25, 0.3) is 0 Å². The van der Waals surface area contributed by atoms with Crippen LogP contribution in [0, 0.1) is 0 Å². The van der Waals surface area contributed by atoms with Gasteiger partial charge in [-0.1, -0.05) is 30.3 Å². The summed E-state index contributed by atoms with van der Waals surface area (Å²) in [5.41, 5.74) is 3.10. The van der Waals surface area contributed by atoms with Crippen molar-refractivity contribution in [3.63, 3.8) is 0 Å². The molecule has 0 bridgehead atoms. The van der Waals surface area contributed by atoms with Crippen LogP contribution in [0.4, 0.5) is 5.95 Å². The van der Waals surface area contributed by atoms with E-state index in [1.54, 1.807) is 24.7 Å². The number of phenolic OH excluding ortho intramolecular Hbond substituents is 1. The zero-order chi connectivity index (χ0) is 23.5. The maximum absolute atomic E-state index is 12.5. The van der Waals surface area contributed by atoms with Crippen LogP contribution in [-0.2, 0) is 9.84 Å². The number of sulfone groups is 1. The van der Waals surface area contributed by atoms with Gasteiger partial charge in [-0.05, 0) is 36.8 Å². The first-order valence-electron chi connectivity index (χ1n) is 10.6. The largest absolute Gasteiger partial charge is 0.508 e. The second-order valence-electron chi connectivity index (χ2n) is 7.59. The van der Waals surface area contributed by atoms with Gasteiger partial charge in [-0.25, -0.2) is 18.4 Å². The smallest absolute Gasteiger partial charge is 0.306 e. The minimum absolute atomic E-state index is 0.0268. The fourth-order valence-corrected chi connectivity index (χ4v) is 4.95. The molecule has 3 aromatic heterocycles. The first-order valence-corrected chi connectivity index (χ1v) is 12.3. The van der Waals surface area contributed by atoms with E-state index < -0.39 is 9.84 Å². The van der Waals surface area contributed by atoms with Gasteiger partial charge in [-0.2, -0.15) is 4.98 Å². The number of oxazole rings is 1. The second-order valence-corrected chi connectivity index (χ2v) is 9.70. The fraction of sp³-hybridized carbons (Fsp3) is 0.125.